The molecule has 0 aliphatic heterocycles. The third-order valence-electron chi connectivity index (χ3n) is 2.97. The Kier molecular flexibility index (Phi) is 5.24. The van der Waals surface area contributed by atoms with Gasteiger partial charge in [0.05, 0.1) is 7.11 Å². The first-order valence-electron chi connectivity index (χ1n) is 6.84. The predicted molar refractivity (Wildman–Crippen MR) is 83.1 cm³/mol. The first-order valence-corrected chi connectivity index (χ1v) is 6.84. The summed E-state index contributed by atoms with van der Waals surface area (Å²) in [6.45, 7) is 2.66. The second-order valence-corrected chi connectivity index (χ2v) is 4.50. The lowest BCUT2D eigenvalue weighted by Crippen LogP contribution is -1.97. The number of hydrogen-bond acceptors (Lipinski definition) is 2. The van der Waals surface area contributed by atoms with Crippen molar-refractivity contribution < 1.29 is 9.47 Å². The summed E-state index contributed by atoms with van der Waals surface area (Å²) in [6.07, 6.45) is 5.23. The summed E-state index contributed by atoms with van der Waals surface area (Å²) in [4.78, 5) is 0. The summed E-state index contributed by atoms with van der Waals surface area (Å²) < 4.78 is 11.2. The molecule has 0 bridgehead atoms. The van der Waals surface area contributed by atoms with E-state index in [-0.39, 0.29) is 0 Å². The molecule has 20 heavy (non-hydrogen) atoms. The Bertz CT molecular complexity index is 559. The fraction of sp³-hybridized carbons (Fsp3) is 0.222. The van der Waals surface area contributed by atoms with Crippen molar-refractivity contribution in [3.63, 3.8) is 0 Å². The smallest absolute Gasteiger partial charge is 0.161 e. The van der Waals surface area contributed by atoms with Crippen molar-refractivity contribution in [2.45, 2.75) is 20.0 Å². The maximum absolute atomic E-state index is 5.82. The fourth-order valence-electron chi connectivity index (χ4n) is 1.90. The van der Waals surface area contributed by atoms with Crippen LogP contribution in [0.4, 0.5) is 0 Å². The molecule has 0 unspecified atom stereocenters. The molecule has 104 valence electrons. The highest BCUT2D eigenvalue weighted by Crippen LogP contribution is 2.29. The number of ether oxygens (including phenoxy) is 2. The number of methoxy groups -OCH3 is 1. The number of hydrogen-bond donors (Lipinski definition) is 0. The van der Waals surface area contributed by atoms with Crippen LogP contribution < -0.4 is 9.47 Å². The molecule has 2 rings (SSSR count). The fourth-order valence-corrected chi connectivity index (χ4v) is 1.90. The number of rotatable bonds is 6. The molecule has 0 spiro atoms. The van der Waals surface area contributed by atoms with Crippen LogP contribution in [-0.4, -0.2) is 7.11 Å². The number of allylic oxidation sites excluding steroid dienone is 1. The molecule has 0 aromatic heterocycles. The molecule has 0 saturated heterocycles. The van der Waals surface area contributed by atoms with Gasteiger partial charge in [0.2, 0.25) is 0 Å². The average Bonchev–Trinajstić information content (AvgIpc) is 2.52. The molecule has 0 radical (unpaired) electrons. The Labute approximate surface area is 120 Å². The van der Waals surface area contributed by atoms with Crippen LogP contribution in [0.2, 0.25) is 0 Å². The summed E-state index contributed by atoms with van der Waals surface area (Å²) in [7, 11) is 1.66. The van der Waals surface area contributed by atoms with Crippen LogP contribution in [0.15, 0.2) is 54.6 Å². The van der Waals surface area contributed by atoms with E-state index in [9.17, 15) is 0 Å². The van der Waals surface area contributed by atoms with Crippen molar-refractivity contribution in [2.24, 2.45) is 0 Å². The average molecular weight is 268 g/mol. The van der Waals surface area contributed by atoms with Gasteiger partial charge in [-0.05, 0) is 29.7 Å². The quantitative estimate of drug-likeness (QED) is 0.756. The third kappa shape index (κ3) is 3.89. The minimum atomic E-state index is 0.543. The van der Waals surface area contributed by atoms with Gasteiger partial charge in [-0.1, -0.05) is 55.5 Å². The molecule has 0 heterocycles. The summed E-state index contributed by atoms with van der Waals surface area (Å²) >= 11 is 0. The normalized spacial score (nSPS) is 10.7. The zero-order valence-corrected chi connectivity index (χ0v) is 12.0. The molecule has 2 heteroatoms. The van der Waals surface area contributed by atoms with Gasteiger partial charge in [0, 0.05) is 0 Å². The van der Waals surface area contributed by atoms with Gasteiger partial charge in [0.25, 0.3) is 0 Å². The SMILES string of the molecule is CC/C=C/c1ccc(OCc2ccccc2)c(OC)c1. The maximum Gasteiger partial charge on any atom is 0.161 e. The van der Waals surface area contributed by atoms with Crippen LogP contribution in [0.5, 0.6) is 11.5 Å². The zero-order valence-electron chi connectivity index (χ0n) is 12.0. The molecule has 2 nitrogen and oxygen atoms in total. The van der Waals surface area contributed by atoms with Crippen molar-refractivity contribution in [2.75, 3.05) is 7.11 Å². The molecule has 0 aliphatic carbocycles. The van der Waals surface area contributed by atoms with E-state index in [0.29, 0.717) is 6.61 Å². The highest BCUT2D eigenvalue weighted by molar-refractivity contribution is 5.55. The standard InChI is InChI=1S/C18H20O2/c1-3-4-8-15-11-12-17(18(13-15)19-2)20-14-16-9-6-5-7-10-16/h4-13H,3,14H2,1-2H3/b8-4+. The lowest BCUT2D eigenvalue weighted by Gasteiger charge is -2.11. The maximum atomic E-state index is 5.82. The van der Waals surface area contributed by atoms with Crippen molar-refractivity contribution in [3.05, 3.63) is 65.7 Å². The molecule has 2 aromatic carbocycles. The molecule has 2 aromatic rings. The van der Waals surface area contributed by atoms with Gasteiger partial charge >= 0.3 is 0 Å². The lowest BCUT2D eigenvalue weighted by atomic mass is 10.1. The zero-order chi connectivity index (χ0) is 14.2. The Morgan fingerprint density at radius 1 is 1.00 bits per heavy atom. The van der Waals surface area contributed by atoms with Crippen LogP contribution >= 0.6 is 0 Å². The van der Waals surface area contributed by atoms with Gasteiger partial charge in [0.1, 0.15) is 6.61 Å². The topological polar surface area (TPSA) is 18.5 Å². The highest BCUT2D eigenvalue weighted by Gasteiger charge is 2.05. The molecular weight excluding hydrogens is 248 g/mol. The lowest BCUT2D eigenvalue weighted by molar-refractivity contribution is 0.284. The second kappa shape index (κ2) is 7.39. The van der Waals surface area contributed by atoms with Gasteiger partial charge in [-0.2, -0.15) is 0 Å². The van der Waals surface area contributed by atoms with Crippen LogP contribution in [0.25, 0.3) is 6.08 Å². The van der Waals surface area contributed by atoms with E-state index >= 15 is 0 Å². The number of benzene rings is 2. The van der Waals surface area contributed by atoms with E-state index in [1.807, 2.05) is 48.5 Å². The summed E-state index contributed by atoms with van der Waals surface area (Å²) in [5, 5.41) is 0. The predicted octanol–water partition coefficient (Wildman–Crippen LogP) is 4.70. The second-order valence-electron chi connectivity index (χ2n) is 4.50. The van der Waals surface area contributed by atoms with E-state index in [4.69, 9.17) is 9.47 Å². The summed E-state index contributed by atoms with van der Waals surface area (Å²) in [5.41, 5.74) is 2.26. The largest absolute Gasteiger partial charge is 0.493 e. The monoisotopic (exact) mass is 268 g/mol. The molecule has 0 fully saturated rings. The van der Waals surface area contributed by atoms with E-state index in [2.05, 4.69) is 19.1 Å². The molecule has 0 saturated carbocycles. The van der Waals surface area contributed by atoms with Crippen molar-refractivity contribution in [1.82, 2.24) is 0 Å². The van der Waals surface area contributed by atoms with E-state index in [0.717, 1.165) is 29.0 Å². The summed E-state index contributed by atoms with van der Waals surface area (Å²) in [6, 6.07) is 16.1. The molecule has 0 amide bonds. The molecule has 0 atom stereocenters. The Balaban J connectivity index is 2.09. The van der Waals surface area contributed by atoms with Crippen LogP contribution in [0, 0.1) is 0 Å². The van der Waals surface area contributed by atoms with Gasteiger partial charge in [-0.25, -0.2) is 0 Å². The van der Waals surface area contributed by atoms with Gasteiger partial charge in [0.15, 0.2) is 11.5 Å². The van der Waals surface area contributed by atoms with Crippen LogP contribution in [-0.2, 0) is 6.61 Å². The van der Waals surface area contributed by atoms with E-state index in [1.165, 1.54) is 0 Å². The first-order chi connectivity index (χ1) is 9.83. The summed E-state index contributed by atoms with van der Waals surface area (Å²) in [5.74, 6) is 1.53. The highest BCUT2D eigenvalue weighted by atomic mass is 16.5. The van der Waals surface area contributed by atoms with E-state index < -0.39 is 0 Å². The Hall–Kier alpha value is -2.22. The van der Waals surface area contributed by atoms with E-state index in [1.54, 1.807) is 7.11 Å². The van der Waals surface area contributed by atoms with Crippen molar-refractivity contribution in [1.29, 1.82) is 0 Å². The molecular formula is C18H20O2. The minimum absolute atomic E-state index is 0.543. The van der Waals surface area contributed by atoms with Crippen LogP contribution in [0.1, 0.15) is 24.5 Å². The Morgan fingerprint density at radius 2 is 1.80 bits per heavy atom. The van der Waals surface area contributed by atoms with Crippen LogP contribution in [0.3, 0.4) is 0 Å². The third-order valence-corrected chi connectivity index (χ3v) is 2.97. The molecule has 0 N–H and O–H groups in total. The van der Waals surface area contributed by atoms with Crippen molar-refractivity contribution >= 4 is 6.08 Å². The van der Waals surface area contributed by atoms with Gasteiger partial charge in [-0.3, -0.25) is 0 Å². The van der Waals surface area contributed by atoms with Gasteiger partial charge in [-0.15, -0.1) is 0 Å². The van der Waals surface area contributed by atoms with Crippen molar-refractivity contribution in [3.8, 4) is 11.5 Å². The van der Waals surface area contributed by atoms with Gasteiger partial charge < -0.3 is 9.47 Å². The first kappa shape index (κ1) is 14.2. The molecule has 0 aliphatic rings. The Morgan fingerprint density at radius 3 is 2.50 bits per heavy atom. The minimum Gasteiger partial charge on any atom is -0.493 e.